The van der Waals surface area contributed by atoms with Crippen molar-refractivity contribution in [3.8, 4) is 0 Å². The zero-order valence-electron chi connectivity index (χ0n) is 12.1. The summed E-state index contributed by atoms with van der Waals surface area (Å²) < 4.78 is 11.9. The molecule has 0 aliphatic rings. The summed E-state index contributed by atoms with van der Waals surface area (Å²) in [6, 6.07) is 0. The second-order valence-electron chi connectivity index (χ2n) is 5.08. The van der Waals surface area contributed by atoms with Gasteiger partial charge in [-0.15, -0.1) is 0 Å². The van der Waals surface area contributed by atoms with Gasteiger partial charge >= 0.3 is 7.60 Å². The molecule has 0 heterocycles. The smallest absolute Gasteiger partial charge is 0.331 e. The second kappa shape index (κ2) is 7.64. The van der Waals surface area contributed by atoms with Crippen molar-refractivity contribution >= 4 is 7.60 Å². The van der Waals surface area contributed by atoms with Crippen LogP contribution < -0.4 is 0 Å². The molecule has 0 aliphatic carbocycles. The Kier molecular flexibility index (Phi) is 7.69. The molecule has 0 bridgehead atoms. The quantitative estimate of drug-likeness (QED) is 0.566. The van der Waals surface area contributed by atoms with Crippen LogP contribution in [0.1, 0.15) is 66.2 Å². The van der Waals surface area contributed by atoms with Gasteiger partial charge in [0, 0.05) is 5.92 Å². The van der Waals surface area contributed by atoms with Crippen molar-refractivity contribution in [1.82, 2.24) is 0 Å². The van der Waals surface area contributed by atoms with Crippen molar-refractivity contribution in [3.63, 3.8) is 0 Å². The first-order chi connectivity index (χ1) is 8.30. The number of rotatable bonds is 9. The fourth-order valence-electron chi connectivity index (χ4n) is 2.93. The third-order valence-corrected chi connectivity index (χ3v) is 6.37. The van der Waals surface area contributed by atoms with Crippen molar-refractivity contribution in [2.45, 2.75) is 77.5 Å². The van der Waals surface area contributed by atoms with Crippen molar-refractivity contribution in [2.75, 3.05) is 0 Å². The monoisotopic (exact) mass is 280 g/mol. The predicted molar refractivity (Wildman–Crippen MR) is 74.7 cm³/mol. The van der Waals surface area contributed by atoms with E-state index in [0.717, 1.165) is 12.8 Å². The third-order valence-electron chi connectivity index (χ3n) is 4.25. The second-order valence-corrected chi connectivity index (χ2v) is 7.06. The molecule has 0 aromatic heterocycles. The maximum absolute atomic E-state index is 11.9. The van der Waals surface area contributed by atoms with Crippen molar-refractivity contribution in [3.05, 3.63) is 0 Å². The van der Waals surface area contributed by atoms with E-state index in [0.29, 0.717) is 25.7 Å². The van der Waals surface area contributed by atoms with Crippen LogP contribution in [-0.4, -0.2) is 26.2 Å². The van der Waals surface area contributed by atoms with Crippen LogP contribution in [0.4, 0.5) is 0 Å². The van der Waals surface area contributed by atoms with Crippen LogP contribution >= 0.6 is 7.60 Å². The van der Waals surface area contributed by atoms with Gasteiger partial charge in [0.2, 0.25) is 0 Å². The van der Waals surface area contributed by atoms with E-state index in [2.05, 4.69) is 0 Å². The molecule has 0 saturated carbocycles. The third kappa shape index (κ3) is 3.80. The van der Waals surface area contributed by atoms with Crippen LogP contribution in [-0.2, 0) is 4.57 Å². The first-order valence-electron chi connectivity index (χ1n) is 7.04. The maximum atomic E-state index is 11.9. The molecule has 5 heteroatoms. The Morgan fingerprint density at radius 1 is 1.11 bits per heavy atom. The minimum Gasteiger partial charge on any atom is -0.393 e. The average molecular weight is 280 g/mol. The van der Waals surface area contributed by atoms with E-state index in [-0.39, 0.29) is 5.92 Å². The number of unbranched alkanes of at least 4 members (excludes halogenated alkanes) is 1. The Labute approximate surface area is 111 Å². The van der Waals surface area contributed by atoms with Crippen LogP contribution in [0.5, 0.6) is 0 Å². The molecule has 0 radical (unpaired) electrons. The molecule has 0 amide bonds. The molecule has 0 aromatic rings. The van der Waals surface area contributed by atoms with E-state index in [1.54, 1.807) is 0 Å². The molecule has 3 N–H and O–H groups in total. The first-order valence-corrected chi connectivity index (χ1v) is 8.65. The van der Waals surface area contributed by atoms with Gasteiger partial charge in [-0.2, -0.15) is 0 Å². The van der Waals surface area contributed by atoms with Gasteiger partial charge in [0.05, 0.1) is 11.3 Å². The molecular weight excluding hydrogens is 251 g/mol. The summed E-state index contributed by atoms with van der Waals surface area (Å²) in [7, 11) is -4.23. The summed E-state index contributed by atoms with van der Waals surface area (Å²) in [5.74, 6) is -0.321. The summed E-state index contributed by atoms with van der Waals surface area (Å²) in [6.45, 7) is 7.53. The van der Waals surface area contributed by atoms with E-state index in [1.807, 2.05) is 27.7 Å². The lowest BCUT2D eigenvalue weighted by atomic mass is 9.78. The standard InChI is InChI=1S/C13H29O4P/c1-5-9-10-11(12(14)6-2)13(7-3,8-4)18(15,16)17/h11-12,14H,5-10H2,1-4H3,(H2,15,16,17). The van der Waals surface area contributed by atoms with Gasteiger partial charge < -0.3 is 14.9 Å². The van der Waals surface area contributed by atoms with Crippen LogP contribution in [0, 0.1) is 5.92 Å². The van der Waals surface area contributed by atoms with Gasteiger partial charge in [0.1, 0.15) is 0 Å². The highest BCUT2D eigenvalue weighted by molar-refractivity contribution is 7.53. The molecule has 18 heavy (non-hydrogen) atoms. The molecule has 0 aliphatic heterocycles. The Balaban J connectivity index is 5.40. The predicted octanol–water partition coefficient (Wildman–Crippen LogP) is 3.30. The van der Waals surface area contributed by atoms with Crippen molar-refractivity contribution in [2.24, 2.45) is 5.92 Å². The topological polar surface area (TPSA) is 77.8 Å². The molecule has 0 aromatic carbocycles. The molecular formula is C13H29O4P. The molecule has 0 saturated heterocycles. The van der Waals surface area contributed by atoms with Gasteiger partial charge in [-0.3, -0.25) is 4.57 Å². The largest absolute Gasteiger partial charge is 0.393 e. The van der Waals surface area contributed by atoms with E-state index in [4.69, 9.17) is 0 Å². The molecule has 2 unspecified atom stereocenters. The van der Waals surface area contributed by atoms with E-state index >= 15 is 0 Å². The van der Waals surface area contributed by atoms with Crippen LogP contribution in [0.3, 0.4) is 0 Å². The summed E-state index contributed by atoms with van der Waals surface area (Å²) in [4.78, 5) is 19.5. The SMILES string of the molecule is CCCCC(C(O)CC)C(CC)(CC)P(=O)(O)O. The fourth-order valence-corrected chi connectivity index (χ4v) is 4.49. The lowest BCUT2D eigenvalue weighted by Gasteiger charge is -2.42. The Morgan fingerprint density at radius 2 is 1.61 bits per heavy atom. The lowest BCUT2D eigenvalue weighted by molar-refractivity contribution is 0.0593. The molecule has 0 spiro atoms. The van der Waals surface area contributed by atoms with E-state index in [9.17, 15) is 19.5 Å². The normalized spacial score (nSPS) is 16.6. The molecule has 110 valence electrons. The summed E-state index contributed by atoms with van der Waals surface area (Å²) in [6.07, 6.45) is 3.25. The zero-order valence-corrected chi connectivity index (χ0v) is 13.0. The minimum atomic E-state index is -4.23. The first kappa shape index (κ1) is 18.1. The molecule has 2 atom stereocenters. The highest BCUT2D eigenvalue weighted by atomic mass is 31.2. The summed E-state index contributed by atoms with van der Waals surface area (Å²) >= 11 is 0. The Hall–Kier alpha value is 0.110. The zero-order chi connectivity index (χ0) is 14.4. The van der Waals surface area contributed by atoms with Gasteiger partial charge in [0.15, 0.2) is 0 Å². The van der Waals surface area contributed by atoms with Crippen LogP contribution in [0.2, 0.25) is 0 Å². The average Bonchev–Trinajstić information content (AvgIpc) is 2.32. The summed E-state index contributed by atoms with van der Waals surface area (Å²) in [5, 5.41) is 9.09. The Morgan fingerprint density at radius 3 is 1.89 bits per heavy atom. The van der Waals surface area contributed by atoms with Crippen molar-refractivity contribution < 1.29 is 19.5 Å². The van der Waals surface area contributed by atoms with Crippen LogP contribution in [0.15, 0.2) is 0 Å². The maximum Gasteiger partial charge on any atom is 0.331 e. The number of hydrogen-bond acceptors (Lipinski definition) is 2. The van der Waals surface area contributed by atoms with E-state index < -0.39 is 18.9 Å². The fraction of sp³-hybridized carbons (Fsp3) is 1.00. The van der Waals surface area contributed by atoms with Crippen LogP contribution in [0.25, 0.3) is 0 Å². The molecule has 0 rings (SSSR count). The highest BCUT2D eigenvalue weighted by Gasteiger charge is 2.51. The minimum absolute atomic E-state index is 0.321. The van der Waals surface area contributed by atoms with Gasteiger partial charge in [-0.05, 0) is 25.7 Å². The van der Waals surface area contributed by atoms with Gasteiger partial charge in [0.25, 0.3) is 0 Å². The number of hydrogen-bond donors (Lipinski definition) is 3. The van der Waals surface area contributed by atoms with E-state index in [1.165, 1.54) is 0 Å². The molecule has 0 fully saturated rings. The molecule has 4 nitrogen and oxygen atoms in total. The number of aliphatic hydroxyl groups excluding tert-OH is 1. The summed E-state index contributed by atoms with van der Waals surface area (Å²) in [5.41, 5.74) is 0. The van der Waals surface area contributed by atoms with Gasteiger partial charge in [-0.1, -0.05) is 40.5 Å². The Bertz CT molecular complexity index is 270. The number of aliphatic hydroxyl groups is 1. The highest BCUT2D eigenvalue weighted by Crippen LogP contribution is 2.60. The van der Waals surface area contributed by atoms with Gasteiger partial charge in [-0.25, -0.2) is 0 Å². The van der Waals surface area contributed by atoms with Crippen molar-refractivity contribution in [1.29, 1.82) is 0 Å². The lowest BCUT2D eigenvalue weighted by Crippen LogP contribution is -2.43.